The van der Waals surface area contributed by atoms with E-state index in [4.69, 9.17) is 0 Å². The Bertz CT molecular complexity index is 853. The van der Waals surface area contributed by atoms with Gasteiger partial charge in [0.2, 0.25) is 0 Å². The molecule has 1 saturated heterocycles. The van der Waals surface area contributed by atoms with E-state index in [9.17, 15) is 13.5 Å². The van der Waals surface area contributed by atoms with Crippen molar-refractivity contribution in [3.05, 3.63) is 54.2 Å². The summed E-state index contributed by atoms with van der Waals surface area (Å²) < 4.78 is 23.2. The lowest BCUT2D eigenvalue weighted by molar-refractivity contribution is -0.0246. The van der Waals surface area contributed by atoms with Crippen LogP contribution in [0.1, 0.15) is 12.0 Å². The number of hydrogen-bond acceptors (Lipinski definition) is 6. The summed E-state index contributed by atoms with van der Waals surface area (Å²) >= 11 is 0. The maximum absolute atomic E-state index is 11.6. The van der Waals surface area contributed by atoms with E-state index < -0.39 is 21.5 Å². The Morgan fingerprint density at radius 3 is 2.38 bits per heavy atom. The zero-order valence-electron chi connectivity index (χ0n) is 15.3. The van der Waals surface area contributed by atoms with Gasteiger partial charge in [-0.3, -0.25) is 4.90 Å². The van der Waals surface area contributed by atoms with E-state index in [1.807, 2.05) is 37.2 Å². The second-order valence-electron chi connectivity index (χ2n) is 7.02. The summed E-state index contributed by atoms with van der Waals surface area (Å²) in [6.45, 7) is 1.15. The third-order valence-corrected chi connectivity index (χ3v) is 6.35. The largest absolute Gasteiger partial charge is 0.389 e. The Hall–Kier alpha value is -1.96. The van der Waals surface area contributed by atoms with Gasteiger partial charge in [-0.05, 0) is 38.2 Å². The van der Waals surface area contributed by atoms with Crippen LogP contribution in [0.25, 0.3) is 0 Å². The first-order valence-corrected chi connectivity index (χ1v) is 10.5. The van der Waals surface area contributed by atoms with Crippen molar-refractivity contribution in [3.8, 4) is 0 Å². The number of pyridine rings is 1. The van der Waals surface area contributed by atoms with Crippen LogP contribution in [0.2, 0.25) is 0 Å². The van der Waals surface area contributed by atoms with E-state index in [0.29, 0.717) is 12.4 Å². The number of piperidine rings is 1. The highest BCUT2D eigenvalue weighted by Gasteiger charge is 2.45. The summed E-state index contributed by atoms with van der Waals surface area (Å²) in [6, 6.07) is 13.3. The number of likely N-dealkylation sites (N-methyl/N-ethyl adjacent to an activating group) is 1. The molecular weight excluding hydrogens is 350 g/mol. The van der Waals surface area contributed by atoms with E-state index in [0.717, 1.165) is 18.5 Å². The van der Waals surface area contributed by atoms with Gasteiger partial charge in [0.05, 0.1) is 16.5 Å². The molecule has 140 valence electrons. The number of aliphatic hydroxyl groups is 1. The Balaban J connectivity index is 1.85. The smallest absolute Gasteiger partial charge is 0.177 e. The topological polar surface area (TPSA) is 73.7 Å². The molecule has 6 nitrogen and oxygen atoms in total. The fourth-order valence-electron chi connectivity index (χ4n) is 3.75. The van der Waals surface area contributed by atoms with E-state index >= 15 is 0 Å². The van der Waals surface area contributed by atoms with Crippen molar-refractivity contribution in [1.82, 2.24) is 9.88 Å². The van der Waals surface area contributed by atoms with Crippen molar-refractivity contribution in [3.63, 3.8) is 0 Å². The van der Waals surface area contributed by atoms with E-state index in [2.05, 4.69) is 22.0 Å². The summed E-state index contributed by atoms with van der Waals surface area (Å²) in [5, 5.41) is 11.1. The lowest BCUT2D eigenvalue weighted by Gasteiger charge is -2.50. The molecule has 7 heteroatoms. The Morgan fingerprint density at radius 2 is 1.88 bits per heavy atom. The molecule has 0 bridgehead atoms. The molecule has 2 aromatic rings. The first-order chi connectivity index (χ1) is 12.2. The fraction of sp³-hybridized carbons (Fsp3) is 0.421. The maximum Gasteiger partial charge on any atom is 0.177 e. The van der Waals surface area contributed by atoms with Gasteiger partial charge in [-0.1, -0.05) is 30.3 Å². The van der Waals surface area contributed by atoms with Gasteiger partial charge in [0, 0.05) is 25.5 Å². The van der Waals surface area contributed by atoms with Crippen LogP contribution in [0.3, 0.4) is 0 Å². The summed E-state index contributed by atoms with van der Waals surface area (Å²) in [5.74, 6) is 0.678. The SMILES string of the molecule is CN(C)[C@]1(c2ccccc2)CCN(c2ccc(S(C)(=O)=O)cn2)C[C@H]1O. The highest BCUT2D eigenvalue weighted by Crippen LogP contribution is 2.38. The molecular formula is C19H25N3O3S. The van der Waals surface area contributed by atoms with Crippen molar-refractivity contribution in [2.24, 2.45) is 0 Å². The van der Waals surface area contributed by atoms with Crippen molar-refractivity contribution in [2.75, 3.05) is 38.3 Å². The molecule has 3 rings (SSSR count). The van der Waals surface area contributed by atoms with E-state index in [1.165, 1.54) is 12.5 Å². The molecule has 0 radical (unpaired) electrons. The van der Waals surface area contributed by atoms with E-state index in [-0.39, 0.29) is 4.90 Å². The number of nitrogens with zero attached hydrogens (tertiary/aromatic N) is 3. The van der Waals surface area contributed by atoms with Crippen molar-refractivity contribution in [2.45, 2.75) is 23.0 Å². The van der Waals surface area contributed by atoms with Crippen LogP contribution in [0, 0.1) is 0 Å². The molecule has 1 aromatic heterocycles. The first-order valence-electron chi connectivity index (χ1n) is 8.57. The molecule has 0 unspecified atom stereocenters. The highest BCUT2D eigenvalue weighted by atomic mass is 32.2. The van der Waals surface area contributed by atoms with Gasteiger partial charge in [-0.2, -0.15) is 0 Å². The molecule has 0 amide bonds. The monoisotopic (exact) mass is 375 g/mol. The summed E-state index contributed by atoms with van der Waals surface area (Å²) in [6.07, 6.45) is 2.67. The quantitative estimate of drug-likeness (QED) is 0.873. The van der Waals surface area contributed by atoms with Crippen molar-refractivity contribution < 1.29 is 13.5 Å². The minimum Gasteiger partial charge on any atom is -0.389 e. The number of aliphatic hydroxyl groups excluding tert-OH is 1. The molecule has 1 aliphatic heterocycles. The molecule has 1 aromatic carbocycles. The van der Waals surface area contributed by atoms with Crippen LogP contribution in [-0.4, -0.2) is 63.0 Å². The lowest BCUT2D eigenvalue weighted by atomic mass is 9.77. The zero-order valence-corrected chi connectivity index (χ0v) is 16.1. The number of rotatable bonds is 4. The Morgan fingerprint density at radius 1 is 1.19 bits per heavy atom. The Kier molecular flexibility index (Phi) is 5.05. The average molecular weight is 375 g/mol. The minimum absolute atomic E-state index is 0.200. The number of aromatic nitrogens is 1. The van der Waals surface area contributed by atoms with Gasteiger partial charge in [0.1, 0.15) is 5.82 Å². The summed E-state index contributed by atoms with van der Waals surface area (Å²) in [4.78, 5) is 8.58. The minimum atomic E-state index is -3.26. The maximum atomic E-state index is 11.6. The van der Waals surface area contributed by atoms with Crippen LogP contribution in [0.15, 0.2) is 53.6 Å². The highest BCUT2D eigenvalue weighted by molar-refractivity contribution is 7.90. The number of sulfone groups is 1. The van der Waals surface area contributed by atoms with Gasteiger partial charge >= 0.3 is 0 Å². The van der Waals surface area contributed by atoms with Gasteiger partial charge in [-0.25, -0.2) is 13.4 Å². The number of β-amino-alcohol motifs (C(OH)–C–C–N with tert-alkyl or cyclic N) is 1. The number of hydrogen-bond donors (Lipinski definition) is 1. The Labute approximate surface area is 155 Å². The van der Waals surface area contributed by atoms with Crippen molar-refractivity contribution in [1.29, 1.82) is 0 Å². The molecule has 0 aliphatic carbocycles. The van der Waals surface area contributed by atoms with Gasteiger partial charge in [0.25, 0.3) is 0 Å². The molecule has 1 aliphatic rings. The van der Waals surface area contributed by atoms with Crippen LogP contribution < -0.4 is 4.90 Å². The van der Waals surface area contributed by atoms with Gasteiger partial charge in [-0.15, -0.1) is 0 Å². The molecule has 2 atom stereocenters. The molecule has 2 heterocycles. The number of benzene rings is 1. The van der Waals surface area contributed by atoms with E-state index in [1.54, 1.807) is 12.1 Å². The third-order valence-electron chi connectivity index (χ3n) is 5.25. The lowest BCUT2D eigenvalue weighted by Crippen LogP contribution is -2.60. The zero-order chi connectivity index (χ0) is 18.9. The molecule has 26 heavy (non-hydrogen) atoms. The molecule has 0 spiro atoms. The van der Waals surface area contributed by atoms with Crippen LogP contribution >= 0.6 is 0 Å². The molecule has 0 saturated carbocycles. The molecule has 1 N–H and O–H groups in total. The van der Waals surface area contributed by atoms with Crippen molar-refractivity contribution >= 4 is 15.7 Å². The predicted octanol–water partition coefficient (Wildman–Crippen LogP) is 1.51. The third kappa shape index (κ3) is 3.34. The average Bonchev–Trinajstić information content (AvgIpc) is 2.61. The standard InChI is InChI=1S/C19H25N3O3S/c1-21(2)19(15-7-5-4-6-8-15)11-12-22(14-17(19)23)18-10-9-16(13-20-18)26(3,24)25/h4-10,13,17,23H,11-12,14H2,1-3H3/t17-,19+/m1/s1. The predicted molar refractivity (Wildman–Crippen MR) is 102 cm³/mol. The summed E-state index contributed by atoms with van der Waals surface area (Å²) in [5.41, 5.74) is 0.641. The second kappa shape index (κ2) is 6.98. The molecule has 1 fully saturated rings. The second-order valence-corrected chi connectivity index (χ2v) is 9.04. The van der Waals surface area contributed by atoms with Gasteiger partial charge in [0.15, 0.2) is 9.84 Å². The first kappa shape index (κ1) is 18.8. The van der Waals surface area contributed by atoms with Crippen LogP contribution in [0.5, 0.6) is 0 Å². The fourth-order valence-corrected chi connectivity index (χ4v) is 4.31. The van der Waals surface area contributed by atoms with Gasteiger partial charge < -0.3 is 10.0 Å². The van der Waals surface area contributed by atoms with Crippen LogP contribution in [-0.2, 0) is 15.4 Å². The normalized spacial score (nSPS) is 24.0. The summed E-state index contributed by atoms with van der Waals surface area (Å²) in [7, 11) is 0.718. The number of anilines is 1. The van der Waals surface area contributed by atoms with Crippen LogP contribution in [0.4, 0.5) is 5.82 Å².